The molecule has 0 radical (unpaired) electrons. The van der Waals surface area contributed by atoms with Gasteiger partial charge in [0, 0.05) is 0 Å². The molecule has 0 N–H and O–H groups in total. The maximum Gasteiger partial charge on any atom is -0.0323 e. The van der Waals surface area contributed by atoms with Crippen LogP contribution in [0.2, 0.25) is 0 Å². The maximum atomic E-state index is 2.70. The Hall–Kier alpha value is -0.260. The number of hydrogen-bond donors (Lipinski definition) is 0. The van der Waals surface area contributed by atoms with E-state index in [-0.39, 0.29) is 0 Å². The van der Waals surface area contributed by atoms with Crippen molar-refractivity contribution in [3.05, 3.63) is 11.6 Å². The van der Waals surface area contributed by atoms with E-state index in [2.05, 4.69) is 82.2 Å². The van der Waals surface area contributed by atoms with Gasteiger partial charge in [0.2, 0.25) is 0 Å². The molecule has 0 aromatic rings. The van der Waals surface area contributed by atoms with Crippen molar-refractivity contribution in [3.63, 3.8) is 0 Å². The number of hydrogen-bond acceptors (Lipinski definition) is 0. The average Bonchev–Trinajstić information content (AvgIpc) is 3.51. The fourth-order valence-electron chi connectivity index (χ4n) is 10.3. The first-order valence-corrected chi connectivity index (χ1v) is 22.3. The summed E-state index contributed by atoms with van der Waals surface area (Å²) in [5, 5.41) is 0. The standard InChI is InChI=1S/C47H92/c1-12-25-39(10)44(35-37(7)8)32-22-21-31-43(17-6)40(11)46(26-13-2)47-34-24-33-45(47)36-42(16-5)30-23-28-38(9)27-19-18-20-29-41(14-3)15-4/h28,37,39-47H,12-27,29-36H2,1-11H3. The molecule has 47 heavy (non-hydrogen) atoms. The molecule has 1 rings (SSSR count). The quantitative estimate of drug-likeness (QED) is 0.0533. The molecule has 1 aliphatic rings. The molecule has 0 nitrogen and oxygen atoms in total. The minimum atomic E-state index is 0.841. The van der Waals surface area contributed by atoms with Crippen LogP contribution in [0.15, 0.2) is 11.6 Å². The molecule has 280 valence electrons. The fourth-order valence-corrected chi connectivity index (χ4v) is 10.3. The third kappa shape index (κ3) is 18.5. The van der Waals surface area contributed by atoms with E-state index in [1.54, 1.807) is 5.57 Å². The Labute approximate surface area is 300 Å². The summed E-state index contributed by atoms with van der Waals surface area (Å²) in [6.07, 6.45) is 36.9. The summed E-state index contributed by atoms with van der Waals surface area (Å²) in [4.78, 5) is 0. The zero-order valence-corrected chi connectivity index (χ0v) is 34.8. The topological polar surface area (TPSA) is 0 Å². The molecule has 1 fully saturated rings. The summed E-state index contributed by atoms with van der Waals surface area (Å²) >= 11 is 0. The first-order valence-electron chi connectivity index (χ1n) is 22.3. The van der Waals surface area contributed by atoms with Gasteiger partial charge in [-0.15, -0.1) is 0 Å². The van der Waals surface area contributed by atoms with Crippen LogP contribution in [0.25, 0.3) is 0 Å². The van der Waals surface area contributed by atoms with Gasteiger partial charge >= 0.3 is 0 Å². The van der Waals surface area contributed by atoms with E-state index in [4.69, 9.17) is 0 Å². The molecule has 0 saturated heterocycles. The SMILES string of the molecule is CCCC(C)C(CCCCC(CC)C(C)C(CCC)C1CCCC1CC(CC)CCC=C(C)CCCCCC(CC)CC)CC(C)C. The Balaban J connectivity index is 2.65. The maximum absolute atomic E-state index is 2.70. The largest absolute Gasteiger partial charge is 0.0856 e. The molecular weight excluding hydrogens is 565 g/mol. The van der Waals surface area contributed by atoms with Gasteiger partial charge in [0.1, 0.15) is 0 Å². The minimum absolute atomic E-state index is 0.841. The summed E-state index contributed by atoms with van der Waals surface area (Å²) in [6.45, 7) is 27.1. The van der Waals surface area contributed by atoms with Crippen LogP contribution in [0.5, 0.6) is 0 Å². The lowest BCUT2D eigenvalue weighted by Crippen LogP contribution is -2.30. The van der Waals surface area contributed by atoms with Crippen molar-refractivity contribution in [2.75, 3.05) is 0 Å². The van der Waals surface area contributed by atoms with E-state index >= 15 is 0 Å². The van der Waals surface area contributed by atoms with Crippen LogP contribution in [-0.2, 0) is 0 Å². The van der Waals surface area contributed by atoms with E-state index in [0.717, 1.165) is 59.2 Å². The normalized spacial score (nSPS) is 21.3. The summed E-state index contributed by atoms with van der Waals surface area (Å²) in [5.41, 5.74) is 1.66. The van der Waals surface area contributed by atoms with Crippen molar-refractivity contribution in [1.82, 2.24) is 0 Å². The van der Waals surface area contributed by atoms with Crippen LogP contribution < -0.4 is 0 Å². The van der Waals surface area contributed by atoms with E-state index in [9.17, 15) is 0 Å². The monoisotopic (exact) mass is 657 g/mol. The zero-order valence-electron chi connectivity index (χ0n) is 34.8. The first kappa shape index (κ1) is 44.8. The third-order valence-corrected chi connectivity index (χ3v) is 13.7. The van der Waals surface area contributed by atoms with Crippen LogP contribution in [0.3, 0.4) is 0 Å². The highest BCUT2D eigenvalue weighted by atomic mass is 14.4. The van der Waals surface area contributed by atoms with Gasteiger partial charge in [-0.2, -0.15) is 0 Å². The predicted molar refractivity (Wildman–Crippen MR) is 216 cm³/mol. The van der Waals surface area contributed by atoms with Gasteiger partial charge in [-0.1, -0.05) is 190 Å². The second-order valence-electron chi connectivity index (χ2n) is 17.7. The lowest BCUT2D eigenvalue weighted by Gasteiger charge is -2.38. The highest BCUT2D eigenvalue weighted by molar-refractivity contribution is 4.98. The van der Waals surface area contributed by atoms with E-state index in [1.807, 2.05) is 0 Å². The van der Waals surface area contributed by atoms with Gasteiger partial charge in [0.15, 0.2) is 0 Å². The second kappa shape index (κ2) is 27.5. The van der Waals surface area contributed by atoms with Crippen LogP contribution in [0, 0.1) is 59.2 Å². The summed E-state index contributed by atoms with van der Waals surface area (Å²) in [6, 6.07) is 0. The van der Waals surface area contributed by atoms with Crippen molar-refractivity contribution in [1.29, 1.82) is 0 Å². The van der Waals surface area contributed by atoms with E-state index in [1.165, 1.54) is 154 Å². The number of rotatable bonds is 30. The second-order valence-corrected chi connectivity index (χ2v) is 17.7. The van der Waals surface area contributed by atoms with Gasteiger partial charge in [-0.05, 0) is 111 Å². The molecule has 0 heterocycles. The van der Waals surface area contributed by atoms with Gasteiger partial charge < -0.3 is 0 Å². The van der Waals surface area contributed by atoms with E-state index in [0.29, 0.717) is 0 Å². The first-order chi connectivity index (χ1) is 22.6. The molecule has 0 bridgehead atoms. The van der Waals surface area contributed by atoms with E-state index < -0.39 is 0 Å². The zero-order chi connectivity index (χ0) is 35.0. The molecule has 0 aliphatic heterocycles. The summed E-state index contributed by atoms with van der Waals surface area (Å²) < 4.78 is 0. The molecule has 0 heteroatoms. The van der Waals surface area contributed by atoms with Crippen molar-refractivity contribution in [3.8, 4) is 0 Å². The summed E-state index contributed by atoms with van der Waals surface area (Å²) in [7, 11) is 0. The lowest BCUT2D eigenvalue weighted by molar-refractivity contribution is 0.113. The molecule has 1 saturated carbocycles. The molecule has 0 aromatic carbocycles. The number of unbranched alkanes of at least 4 members (excludes halogenated alkanes) is 3. The Morgan fingerprint density at radius 2 is 1.28 bits per heavy atom. The molecular formula is C47H92. The van der Waals surface area contributed by atoms with Crippen molar-refractivity contribution >= 4 is 0 Å². The van der Waals surface area contributed by atoms with Gasteiger partial charge in [-0.3, -0.25) is 0 Å². The Morgan fingerprint density at radius 3 is 1.87 bits per heavy atom. The van der Waals surface area contributed by atoms with Crippen LogP contribution in [-0.4, -0.2) is 0 Å². The predicted octanol–water partition coefficient (Wildman–Crippen LogP) is 16.7. The van der Waals surface area contributed by atoms with Crippen molar-refractivity contribution in [2.45, 2.75) is 230 Å². The van der Waals surface area contributed by atoms with Crippen molar-refractivity contribution < 1.29 is 0 Å². The molecule has 0 aromatic heterocycles. The number of allylic oxidation sites excluding steroid dienone is 2. The lowest BCUT2D eigenvalue weighted by atomic mass is 9.67. The van der Waals surface area contributed by atoms with Gasteiger partial charge in [0.05, 0.1) is 0 Å². The highest BCUT2D eigenvalue weighted by Gasteiger charge is 2.38. The Morgan fingerprint density at radius 1 is 0.638 bits per heavy atom. The van der Waals surface area contributed by atoms with Gasteiger partial charge in [0.25, 0.3) is 0 Å². The molecule has 8 atom stereocenters. The van der Waals surface area contributed by atoms with Crippen LogP contribution >= 0.6 is 0 Å². The molecule has 0 spiro atoms. The Bertz CT molecular complexity index is 726. The molecule has 1 aliphatic carbocycles. The van der Waals surface area contributed by atoms with Crippen molar-refractivity contribution in [2.24, 2.45) is 59.2 Å². The highest BCUT2D eigenvalue weighted by Crippen LogP contribution is 2.48. The minimum Gasteiger partial charge on any atom is -0.0856 e. The van der Waals surface area contributed by atoms with Crippen LogP contribution in [0.1, 0.15) is 230 Å². The average molecular weight is 657 g/mol. The third-order valence-electron chi connectivity index (χ3n) is 13.7. The summed E-state index contributed by atoms with van der Waals surface area (Å²) in [5.74, 6) is 9.36. The van der Waals surface area contributed by atoms with Gasteiger partial charge in [-0.25, -0.2) is 0 Å². The molecule has 8 unspecified atom stereocenters. The van der Waals surface area contributed by atoms with Crippen LogP contribution in [0.4, 0.5) is 0 Å². The smallest absolute Gasteiger partial charge is 0.0323 e. The molecule has 0 amide bonds. The fraction of sp³-hybridized carbons (Fsp3) is 0.957. The Kier molecular flexibility index (Phi) is 26.2.